The molecule has 136 valence electrons. The Morgan fingerprint density at radius 1 is 1.15 bits per heavy atom. The van der Waals surface area contributed by atoms with Gasteiger partial charge in [0.2, 0.25) is 5.91 Å². The molecule has 0 aliphatic rings. The van der Waals surface area contributed by atoms with Crippen LogP contribution in [0.4, 0.5) is 0 Å². The molecule has 2 aromatic carbocycles. The number of imidazole rings is 1. The van der Waals surface area contributed by atoms with E-state index in [0.717, 1.165) is 22.3 Å². The van der Waals surface area contributed by atoms with Gasteiger partial charge in [0.25, 0.3) is 0 Å². The molecule has 0 aliphatic carbocycles. The van der Waals surface area contributed by atoms with E-state index >= 15 is 0 Å². The Hall–Kier alpha value is -2.82. The zero-order valence-electron chi connectivity index (χ0n) is 15.5. The van der Waals surface area contributed by atoms with Crippen LogP contribution in [-0.4, -0.2) is 22.6 Å². The van der Waals surface area contributed by atoms with E-state index in [0.29, 0.717) is 18.9 Å². The molecule has 0 bridgehead atoms. The third kappa shape index (κ3) is 4.04. The second kappa shape index (κ2) is 8.04. The number of para-hydroxylation sites is 2. The molecule has 1 amide bonds. The molecule has 0 radical (unpaired) electrons. The summed E-state index contributed by atoms with van der Waals surface area (Å²) in [6.45, 7) is 4.83. The normalized spacial score (nSPS) is 12.3. The van der Waals surface area contributed by atoms with E-state index in [4.69, 9.17) is 4.74 Å². The monoisotopic (exact) mass is 351 g/mol. The van der Waals surface area contributed by atoms with Crippen LogP contribution in [0.3, 0.4) is 0 Å². The number of rotatable bonds is 7. The van der Waals surface area contributed by atoms with Crippen LogP contribution in [0.15, 0.2) is 54.9 Å². The number of hydrogen-bond donors (Lipinski definition) is 1. The summed E-state index contributed by atoms with van der Waals surface area (Å²) in [7, 11) is 1.65. The van der Waals surface area contributed by atoms with Gasteiger partial charge in [-0.05, 0) is 35.7 Å². The fourth-order valence-electron chi connectivity index (χ4n) is 3.10. The minimum absolute atomic E-state index is 0.0204. The molecular formula is C21H25N3O2. The number of methoxy groups -OCH3 is 1. The quantitative estimate of drug-likeness (QED) is 0.701. The van der Waals surface area contributed by atoms with Crippen molar-refractivity contribution in [2.45, 2.75) is 32.9 Å². The molecular weight excluding hydrogens is 326 g/mol. The van der Waals surface area contributed by atoms with Gasteiger partial charge < -0.3 is 14.6 Å². The number of benzene rings is 2. The standard InChI is InChI=1S/C21H25N3O2/c1-15(2)21(16-8-10-17(26-3)11-9-16)23-20(25)12-13-24-14-22-18-6-4-5-7-19(18)24/h4-11,14-15,21H,12-13H2,1-3H3,(H,23,25). The van der Waals surface area contributed by atoms with Gasteiger partial charge in [-0.25, -0.2) is 4.98 Å². The fraction of sp³-hybridized carbons (Fsp3) is 0.333. The van der Waals surface area contributed by atoms with Crippen LogP contribution in [0.2, 0.25) is 0 Å². The number of amides is 1. The summed E-state index contributed by atoms with van der Waals surface area (Å²) in [6, 6.07) is 15.8. The largest absolute Gasteiger partial charge is 0.497 e. The van der Waals surface area contributed by atoms with Gasteiger partial charge >= 0.3 is 0 Å². The molecule has 5 heteroatoms. The van der Waals surface area contributed by atoms with Gasteiger partial charge in [0.1, 0.15) is 5.75 Å². The molecule has 1 aromatic heterocycles. The number of hydrogen-bond acceptors (Lipinski definition) is 3. The molecule has 1 heterocycles. The molecule has 3 aromatic rings. The minimum Gasteiger partial charge on any atom is -0.497 e. The summed E-state index contributed by atoms with van der Waals surface area (Å²) >= 11 is 0. The lowest BCUT2D eigenvalue weighted by molar-refractivity contribution is -0.122. The highest BCUT2D eigenvalue weighted by Crippen LogP contribution is 2.24. The Bertz CT molecular complexity index is 868. The van der Waals surface area contributed by atoms with Gasteiger partial charge in [0, 0.05) is 13.0 Å². The molecule has 26 heavy (non-hydrogen) atoms. The van der Waals surface area contributed by atoms with E-state index in [1.54, 1.807) is 13.4 Å². The molecule has 1 N–H and O–H groups in total. The van der Waals surface area contributed by atoms with E-state index in [9.17, 15) is 4.79 Å². The van der Waals surface area contributed by atoms with Crippen molar-refractivity contribution in [1.29, 1.82) is 0 Å². The summed E-state index contributed by atoms with van der Waals surface area (Å²) in [6.07, 6.45) is 2.21. The van der Waals surface area contributed by atoms with Gasteiger partial charge in [-0.3, -0.25) is 4.79 Å². The van der Waals surface area contributed by atoms with Gasteiger partial charge in [0.15, 0.2) is 0 Å². The Labute approximate surface area is 154 Å². The smallest absolute Gasteiger partial charge is 0.222 e. The molecule has 1 atom stereocenters. The third-order valence-electron chi connectivity index (χ3n) is 4.57. The summed E-state index contributed by atoms with van der Waals surface area (Å²) in [5.41, 5.74) is 3.09. The second-order valence-corrected chi connectivity index (χ2v) is 6.74. The molecule has 5 nitrogen and oxygen atoms in total. The van der Waals surface area contributed by atoms with Crippen LogP contribution in [-0.2, 0) is 11.3 Å². The number of aromatic nitrogens is 2. The van der Waals surface area contributed by atoms with E-state index in [2.05, 4.69) is 24.1 Å². The van der Waals surface area contributed by atoms with Crippen molar-refractivity contribution in [1.82, 2.24) is 14.9 Å². The van der Waals surface area contributed by atoms with Crippen LogP contribution in [0.25, 0.3) is 11.0 Å². The lowest BCUT2D eigenvalue weighted by Crippen LogP contribution is -2.32. The zero-order valence-corrected chi connectivity index (χ0v) is 15.5. The van der Waals surface area contributed by atoms with Gasteiger partial charge in [-0.2, -0.15) is 0 Å². The van der Waals surface area contributed by atoms with Gasteiger partial charge in [-0.15, -0.1) is 0 Å². The number of nitrogens with zero attached hydrogens (tertiary/aromatic N) is 2. The van der Waals surface area contributed by atoms with Gasteiger partial charge in [0.05, 0.1) is 30.5 Å². The molecule has 0 saturated heterocycles. The number of carbonyl (C=O) groups is 1. The van der Waals surface area contributed by atoms with Crippen molar-refractivity contribution >= 4 is 16.9 Å². The molecule has 3 rings (SSSR count). The summed E-state index contributed by atoms with van der Waals surface area (Å²) in [5, 5.41) is 3.17. The molecule has 0 aliphatic heterocycles. The molecule has 0 spiro atoms. The number of aryl methyl sites for hydroxylation is 1. The highest BCUT2D eigenvalue weighted by molar-refractivity contribution is 5.77. The maximum absolute atomic E-state index is 12.5. The molecule has 1 unspecified atom stereocenters. The number of fused-ring (bicyclic) bond motifs is 1. The van der Waals surface area contributed by atoms with Crippen molar-refractivity contribution in [3.63, 3.8) is 0 Å². The second-order valence-electron chi connectivity index (χ2n) is 6.74. The van der Waals surface area contributed by atoms with E-state index < -0.39 is 0 Å². The number of ether oxygens (including phenoxy) is 1. The van der Waals surface area contributed by atoms with E-state index in [1.807, 2.05) is 53.1 Å². The lowest BCUT2D eigenvalue weighted by atomic mass is 9.96. The molecule has 0 fully saturated rings. The van der Waals surface area contributed by atoms with Gasteiger partial charge in [-0.1, -0.05) is 38.1 Å². The Kier molecular flexibility index (Phi) is 5.56. The highest BCUT2D eigenvalue weighted by atomic mass is 16.5. The number of nitrogens with one attached hydrogen (secondary N) is 1. The first kappa shape index (κ1) is 18.0. The van der Waals surface area contributed by atoms with Crippen molar-refractivity contribution in [2.75, 3.05) is 7.11 Å². The van der Waals surface area contributed by atoms with E-state index in [-0.39, 0.29) is 11.9 Å². The van der Waals surface area contributed by atoms with Crippen LogP contribution < -0.4 is 10.1 Å². The Morgan fingerprint density at radius 2 is 1.88 bits per heavy atom. The van der Waals surface area contributed by atoms with Crippen LogP contribution in [0.1, 0.15) is 31.9 Å². The minimum atomic E-state index is -0.0204. The average Bonchev–Trinajstić information content (AvgIpc) is 3.07. The predicted molar refractivity (Wildman–Crippen MR) is 103 cm³/mol. The van der Waals surface area contributed by atoms with Crippen molar-refractivity contribution in [3.8, 4) is 5.75 Å². The van der Waals surface area contributed by atoms with Crippen molar-refractivity contribution < 1.29 is 9.53 Å². The van der Waals surface area contributed by atoms with Crippen molar-refractivity contribution in [2.24, 2.45) is 5.92 Å². The van der Waals surface area contributed by atoms with Crippen LogP contribution in [0, 0.1) is 5.92 Å². The average molecular weight is 351 g/mol. The SMILES string of the molecule is COc1ccc(C(NC(=O)CCn2cnc3ccccc32)C(C)C)cc1. The van der Waals surface area contributed by atoms with Crippen LogP contribution in [0.5, 0.6) is 5.75 Å². The maximum Gasteiger partial charge on any atom is 0.222 e. The predicted octanol–water partition coefficient (Wildman–Crippen LogP) is 3.95. The lowest BCUT2D eigenvalue weighted by Gasteiger charge is -2.23. The topological polar surface area (TPSA) is 56.1 Å². The van der Waals surface area contributed by atoms with Crippen LogP contribution >= 0.6 is 0 Å². The summed E-state index contributed by atoms with van der Waals surface area (Å²) < 4.78 is 7.23. The Morgan fingerprint density at radius 3 is 2.58 bits per heavy atom. The fourth-order valence-corrected chi connectivity index (χ4v) is 3.10. The van der Waals surface area contributed by atoms with Crippen molar-refractivity contribution in [3.05, 3.63) is 60.4 Å². The Balaban J connectivity index is 1.64. The van der Waals surface area contributed by atoms with E-state index in [1.165, 1.54) is 0 Å². The number of carbonyl (C=O) groups excluding carboxylic acids is 1. The first-order valence-electron chi connectivity index (χ1n) is 8.91. The maximum atomic E-state index is 12.5. The first-order valence-corrected chi connectivity index (χ1v) is 8.91. The summed E-state index contributed by atoms with van der Waals surface area (Å²) in [4.78, 5) is 16.9. The zero-order chi connectivity index (χ0) is 18.5. The first-order chi connectivity index (χ1) is 12.6. The molecule has 0 saturated carbocycles. The highest BCUT2D eigenvalue weighted by Gasteiger charge is 2.18. The summed E-state index contributed by atoms with van der Waals surface area (Å²) in [5.74, 6) is 1.15. The third-order valence-corrected chi connectivity index (χ3v) is 4.57.